The summed E-state index contributed by atoms with van der Waals surface area (Å²) in [5.74, 6) is 1.75. The fourth-order valence-corrected chi connectivity index (χ4v) is 12.2. The van der Waals surface area contributed by atoms with Crippen molar-refractivity contribution in [2.24, 2.45) is 0 Å². The van der Waals surface area contributed by atoms with Crippen LogP contribution in [0.3, 0.4) is 0 Å². The molecular weight excluding hydrogens is 897 g/mol. The summed E-state index contributed by atoms with van der Waals surface area (Å²) >= 11 is 0. The predicted octanol–water partition coefficient (Wildman–Crippen LogP) is 17.3. The van der Waals surface area contributed by atoms with Crippen molar-refractivity contribution in [3.8, 4) is 95.5 Å². The summed E-state index contributed by atoms with van der Waals surface area (Å²) < 4.78 is 2.32. The number of hydrogen-bond donors (Lipinski definition) is 0. The van der Waals surface area contributed by atoms with E-state index in [2.05, 4.69) is 271 Å². The average molecular weight is 941 g/mol. The molecule has 2 heterocycles. The molecule has 0 saturated carbocycles. The van der Waals surface area contributed by atoms with E-state index in [-0.39, 0.29) is 0 Å². The lowest BCUT2D eigenvalue weighted by Gasteiger charge is -2.30. The summed E-state index contributed by atoms with van der Waals surface area (Å²) in [6.07, 6.45) is 0. The second-order valence-corrected chi connectivity index (χ2v) is 19.5. The molecule has 0 amide bonds. The maximum Gasteiger partial charge on any atom is 0.238 e. The molecule has 1 spiro atoms. The fraction of sp³-hybridized carbons (Fsp3) is 0.0143. The molecule has 2 aliphatic carbocycles. The quantitative estimate of drug-likeness (QED) is 0.160. The molecule has 0 atom stereocenters. The van der Waals surface area contributed by atoms with Crippen LogP contribution in [-0.4, -0.2) is 19.5 Å². The van der Waals surface area contributed by atoms with Crippen molar-refractivity contribution in [3.05, 3.63) is 289 Å². The molecule has 0 bridgehead atoms. The van der Waals surface area contributed by atoms with E-state index in [1.165, 1.54) is 55.6 Å². The Balaban J connectivity index is 0.980. The molecule has 0 unspecified atom stereocenters. The number of fused-ring (bicyclic) bond motifs is 14. The van der Waals surface area contributed by atoms with Gasteiger partial charge in [0, 0.05) is 27.5 Å². The Kier molecular flexibility index (Phi) is 9.45. The minimum absolute atomic E-state index is 0.511. The topological polar surface area (TPSA) is 43.6 Å². The van der Waals surface area contributed by atoms with Gasteiger partial charge in [-0.15, -0.1) is 0 Å². The summed E-state index contributed by atoms with van der Waals surface area (Å²) in [5, 5.41) is 2.29. The molecule has 0 saturated heterocycles. The lowest BCUT2D eigenvalue weighted by Crippen LogP contribution is -2.25. The summed E-state index contributed by atoms with van der Waals surface area (Å²) in [6.45, 7) is 0. The number of hydrogen-bond acceptors (Lipinski definition) is 3. The van der Waals surface area contributed by atoms with Crippen LogP contribution in [0, 0.1) is 0 Å². The highest BCUT2D eigenvalue weighted by Gasteiger charge is 2.52. The van der Waals surface area contributed by atoms with Gasteiger partial charge >= 0.3 is 0 Å². The van der Waals surface area contributed by atoms with E-state index in [0.717, 1.165) is 66.3 Å². The first-order valence-electron chi connectivity index (χ1n) is 25.3. The maximum absolute atomic E-state index is 5.59. The first-order chi connectivity index (χ1) is 36.7. The zero-order valence-corrected chi connectivity index (χ0v) is 40.2. The van der Waals surface area contributed by atoms with Gasteiger partial charge in [0.25, 0.3) is 0 Å². The van der Waals surface area contributed by atoms with E-state index >= 15 is 0 Å². The standard InChI is InChI=1S/C70H44N4/c1-4-19-45(20-5-1)48-35-37-49(38-36-48)67-71-68(51-26-18-25-50(41-51)54-43-52(46-21-6-2-7-22-46)42-53(44-54)47-23-8-3-9-24-47)73-69(72-67)74-64-34-17-13-29-57(64)58-39-40-63-65(66(58)74)59-30-12-16-33-62(59)70(63)60-31-14-10-27-55(60)56-28-11-15-32-61(56)70/h1-44H. The average Bonchev–Trinajstić information content (AvgIpc) is 4.24. The van der Waals surface area contributed by atoms with Crippen LogP contribution in [0.2, 0.25) is 0 Å². The molecule has 4 nitrogen and oxygen atoms in total. The molecule has 0 radical (unpaired) electrons. The Hall–Kier alpha value is -9.77. The van der Waals surface area contributed by atoms with Crippen molar-refractivity contribution in [2.45, 2.75) is 5.41 Å². The van der Waals surface area contributed by atoms with Crippen molar-refractivity contribution >= 4 is 21.8 Å². The van der Waals surface area contributed by atoms with Crippen LogP contribution in [-0.2, 0) is 5.41 Å². The van der Waals surface area contributed by atoms with Gasteiger partial charge in [-0.25, -0.2) is 4.98 Å². The van der Waals surface area contributed by atoms with Crippen molar-refractivity contribution < 1.29 is 0 Å². The highest BCUT2D eigenvalue weighted by atomic mass is 15.2. The Morgan fingerprint density at radius 2 is 0.703 bits per heavy atom. The smallest absolute Gasteiger partial charge is 0.238 e. The molecule has 0 N–H and O–H groups in total. The van der Waals surface area contributed by atoms with Gasteiger partial charge in [-0.3, -0.25) is 4.57 Å². The van der Waals surface area contributed by atoms with Crippen LogP contribution in [0.25, 0.3) is 117 Å². The second kappa shape index (κ2) is 16.7. The summed E-state index contributed by atoms with van der Waals surface area (Å²) in [5.41, 5.74) is 22.7. The Morgan fingerprint density at radius 1 is 0.270 bits per heavy atom. The van der Waals surface area contributed by atoms with Crippen molar-refractivity contribution in [3.63, 3.8) is 0 Å². The van der Waals surface area contributed by atoms with E-state index in [0.29, 0.717) is 17.6 Å². The highest BCUT2D eigenvalue weighted by Crippen LogP contribution is 2.64. The van der Waals surface area contributed by atoms with Crippen LogP contribution in [0.5, 0.6) is 0 Å². The van der Waals surface area contributed by atoms with Gasteiger partial charge in [0.2, 0.25) is 5.95 Å². The molecule has 11 aromatic carbocycles. The number of nitrogens with zero attached hydrogens (tertiary/aromatic N) is 4. The third-order valence-electron chi connectivity index (χ3n) is 15.5. The zero-order chi connectivity index (χ0) is 48.7. The molecular formula is C70H44N4. The van der Waals surface area contributed by atoms with Crippen molar-refractivity contribution in [1.29, 1.82) is 0 Å². The van der Waals surface area contributed by atoms with Gasteiger partial charge in [-0.1, -0.05) is 237 Å². The molecule has 2 aliphatic rings. The number of benzene rings is 11. The molecule has 15 rings (SSSR count). The van der Waals surface area contributed by atoms with Crippen LogP contribution in [0.15, 0.2) is 267 Å². The molecule has 4 heteroatoms. The third-order valence-corrected chi connectivity index (χ3v) is 15.5. The first kappa shape index (κ1) is 42.0. The Labute approximate surface area is 429 Å². The largest absolute Gasteiger partial charge is 0.277 e. The molecule has 0 aliphatic heterocycles. The number of rotatable bonds is 7. The molecule has 0 fully saturated rings. The molecule has 74 heavy (non-hydrogen) atoms. The first-order valence-corrected chi connectivity index (χ1v) is 25.3. The van der Waals surface area contributed by atoms with Crippen LogP contribution in [0.4, 0.5) is 0 Å². The van der Waals surface area contributed by atoms with Gasteiger partial charge in [-0.05, 0) is 114 Å². The predicted molar refractivity (Wildman–Crippen MR) is 303 cm³/mol. The Morgan fingerprint density at radius 3 is 1.32 bits per heavy atom. The number of aromatic nitrogens is 4. The van der Waals surface area contributed by atoms with Gasteiger partial charge in [0.05, 0.1) is 16.4 Å². The zero-order valence-electron chi connectivity index (χ0n) is 40.2. The monoisotopic (exact) mass is 940 g/mol. The lowest BCUT2D eigenvalue weighted by molar-refractivity contribution is 0.794. The number of para-hydroxylation sites is 1. The van der Waals surface area contributed by atoms with Gasteiger partial charge in [0.15, 0.2) is 11.6 Å². The fourth-order valence-electron chi connectivity index (χ4n) is 12.2. The molecule has 344 valence electrons. The minimum atomic E-state index is -0.511. The van der Waals surface area contributed by atoms with Crippen molar-refractivity contribution in [2.75, 3.05) is 0 Å². The second-order valence-electron chi connectivity index (χ2n) is 19.5. The van der Waals surface area contributed by atoms with Crippen LogP contribution < -0.4 is 0 Å². The van der Waals surface area contributed by atoms with E-state index in [1.807, 2.05) is 0 Å². The maximum atomic E-state index is 5.59. The lowest BCUT2D eigenvalue weighted by atomic mass is 9.70. The normalized spacial score (nSPS) is 12.7. The summed E-state index contributed by atoms with van der Waals surface area (Å²) in [7, 11) is 0. The highest BCUT2D eigenvalue weighted by molar-refractivity contribution is 6.16. The minimum Gasteiger partial charge on any atom is -0.277 e. The van der Waals surface area contributed by atoms with Crippen molar-refractivity contribution in [1.82, 2.24) is 19.5 Å². The summed E-state index contributed by atoms with van der Waals surface area (Å²) in [4.78, 5) is 16.5. The van der Waals surface area contributed by atoms with E-state index in [1.54, 1.807) is 0 Å². The van der Waals surface area contributed by atoms with E-state index < -0.39 is 5.41 Å². The molecule has 2 aromatic heterocycles. The SMILES string of the molecule is c1ccc(-c2ccc(-c3nc(-c4cccc(-c5cc(-c6ccccc6)cc(-c6ccccc6)c5)c4)nc(-n4c5ccccc5c5ccc6c(c54)-c4ccccc4C64c5ccccc5-c5ccccc54)n3)cc2)cc1. The molecule has 13 aromatic rings. The van der Waals surface area contributed by atoms with Crippen LogP contribution >= 0.6 is 0 Å². The van der Waals surface area contributed by atoms with Gasteiger partial charge in [-0.2, -0.15) is 9.97 Å². The van der Waals surface area contributed by atoms with E-state index in [9.17, 15) is 0 Å². The third kappa shape index (κ3) is 6.38. The Bertz CT molecular complexity index is 4240. The van der Waals surface area contributed by atoms with E-state index in [4.69, 9.17) is 15.0 Å². The van der Waals surface area contributed by atoms with Gasteiger partial charge in [0.1, 0.15) is 0 Å². The van der Waals surface area contributed by atoms with Gasteiger partial charge < -0.3 is 0 Å². The van der Waals surface area contributed by atoms with Crippen LogP contribution in [0.1, 0.15) is 22.3 Å². The summed E-state index contributed by atoms with van der Waals surface area (Å²) in [6, 6.07) is 96.4.